The van der Waals surface area contributed by atoms with Gasteiger partial charge in [-0.15, -0.1) is 0 Å². The zero-order chi connectivity index (χ0) is 14.7. The summed E-state index contributed by atoms with van der Waals surface area (Å²) in [5.74, 6) is 2.24. The van der Waals surface area contributed by atoms with Gasteiger partial charge in [0.1, 0.15) is 23.1 Å². The molecule has 0 aliphatic heterocycles. The Morgan fingerprint density at radius 3 is 2.25 bits per heavy atom. The summed E-state index contributed by atoms with van der Waals surface area (Å²) in [5.41, 5.74) is 1.70. The quantitative estimate of drug-likeness (QED) is 0.776. The number of hydrogen-bond donors (Lipinski definition) is 0. The summed E-state index contributed by atoms with van der Waals surface area (Å²) in [4.78, 5) is 0. The minimum Gasteiger partial charge on any atom is -0.496 e. The summed E-state index contributed by atoms with van der Waals surface area (Å²) in [6, 6.07) is 10.5. The molecule has 0 unspecified atom stereocenters. The highest BCUT2D eigenvalue weighted by Crippen LogP contribution is 2.32. The Morgan fingerprint density at radius 1 is 1.00 bits per heavy atom. The van der Waals surface area contributed by atoms with Gasteiger partial charge in [0.05, 0.1) is 7.11 Å². The van der Waals surface area contributed by atoms with E-state index in [-0.39, 0.29) is 5.82 Å². The average molecular weight is 274 g/mol. The van der Waals surface area contributed by atoms with Gasteiger partial charge in [-0.05, 0) is 48.2 Å². The first kappa shape index (κ1) is 14.4. The van der Waals surface area contributed by atoms with Gasteiger partial charge >= 0.3 is 0 Å². The molecule has 0 aliphatic carbocycles. The molecule has 0 saturated heterocycles. The number of aryl methyl sites for hydroxylation is 1. The molecule has 0 spiro atoms. The molecule has 0 N–H and O–H groups in total. The van der Waals surface area contributed by atoms with Crippen molar-refractivity contribution < 1.29 is 13.9 Å². The molecule has 0 bridgehead atoms. The molecular formula is C17H19FO2. The number of benzene rings is 2. The summed E-state index contributed by atoms with van der Waals surface area (Å²) >= 11 is 0. The van der Waals surface area contributed by atoms with E-state index < -0.39 is 0 Å². The van der Waals surface area contributed by atoms with Crippen molar-refractivity contribution in [2.75, 3.05) is 7.11 Å². The van der Waals surface area contributed by atoms with Crippen molar-refractivity contribution in [2.45, 2.75) is 26.7 Å². The standard InChI is InChI=1S/C17H19FO2/c1-11(2)15-7-5-14(10-17(15)19-4)20-13-6-8-16(18)12(3)9-13/h5-11H,1-4H3. The van der Waals surface area contributed by atoms with Crippen LogP contribution < -0.4 is 9.47 Å². The summed E-state index contributed by atoms with van der Waals surface area (Å²) < 4.78 is 24.4. The van der Waals surface area contributed by atoms with Crippen LogP contribution in [0.3, 0.4) is 0 Å². The van der Waals surface area contributed by atoms with Crippen LogP contribution in [-0.4, -0.2) is 7.11 Å². The molecule has 2 aromatic carbocycles. The highest BCUT2D eigenvalue weighted by atomic mass is 19.1. The predicted octanol–water partition coefficient (Wildman–Crippen LogP) is 5.06. The van der Waals surface area contributed by atoms with Crippen molar-refractivity contribution in [3.05, 3.63) is 53.3 Å². The van der Waals surface area contributed by atoms with Crippen LogP contribution in [0.25, 0.3) is 0 Å². The lowest BCUT2D eigenvalue weighted by molar-refractivity contribution is 0.402. The van der Waals surface area contributed by atoms with Gasteiger partial charge in [0.2, 0.25) is 0 Å². The Morgan fingerprint density at radius 2 is 1.65 bits per heavy atom. The maximum absolute atomic E-state index is 13.2. The predicted molar refractivity (Wildman–Crippen MR) is 78.3 cm³/mol. The first-order valence-corrected chi connectivity index (χ1v) is 6.63. The minimum absolute atomic E-state index is 0.231. The van der Waals surface area contributed by atoms with Crippen LogP contribution >= 0.6 is 0 Å². The summed E-state index contributed by atoms with van der Waals surface area (Å²) in [6.07, 6.45) is 0. The summed E-state index contributed by atoms with van der Waals surface area (Å²) in [6.45, 7) is 5.94. The molecule has 0 aromatic heterocycles. The fourth-order valence-electron chi connectivity index (χ4n) is 2.05. The Hall–Kier alpha value is -2.03. The molecule has 0 saturated carbocycles. The number of hydrogen-bond acceptors (Lipinski definition) is 2. The van der Waals surface area contributed by atoms with Gasteiger partial charge in [-0.2, -0.15) is 0 Å². The van der Waals surface area contributed by atoms with E-state index in [1.807, 2.05) is 18.2 Å². The van der Waals surface area contributed by atoms with E-state index in [9.17, 15) is 4.39 Å². The lowest BCUT2D eigenvalue weighted by atomic mass is 10.0. The van der Waals surface area contributed by atoms with Crippen molar-refractivity contribution in [2.24, 2.45) is 0 Å². The Bertz CT molecular complexity index is 606. The van der Waals surface area contributed by atoms with Crippen LogP contribution in [0.1, 0.15) is 30.9 Å². The van der Waals surface area contributed by atoms with Gasteiger partial charge in [-0.3, -0.25) is 0 Å². The zero-order valence-electron chi connectivity index (χ0n) is 12.2. The second-order valence-corrected chi connectivity index (χ2v) is 5.07. The largest absolute Gasteiger partial charge is 0.496 e. The van der Waals surface area contributed by atoms with E-state index in [0.717, 1.165) is 11.3 Å². The lowest BCUT2D eigenvalue weighted by Crippen LogP contribution is -1.95. The smallest absolute Gasteiger partial charge is 0.131 e. The SMILES string of the molecule is COc1cc(Oc2ccc(F)c(C)c2)ccc1C(C)C. The maximum Gasteiger partial charge on any atom is 0.131 e. The number of methoxy groups -OCH3 is 1. The van der Waals surface area contributed by atoms with E-state index in [1.54, 1.807) is 26.2 Å². The summed E-state index contributed by atoms with van der Waals surface area (Å²) in [5, 5.41) is 0. The first-order valence-electron chi connectivity index (χ1n) is 6.63. The molecule has 2 nitrogen and oxygen atoms in total. The third-order valence-electron chi connectivity index (χ3n) is 3.19. The molecule has 0 fully saturated rings. The molecule has 0 heterocycles. The normalized spacial score (nSPS) is 10.7. The van der Waals surface area contributed by atoms with E-state index in [2.05, 4.69) is 13.8 Å². The fraction of sp³-hybridized carbons (Fsp3) is 0.294. The molecule has 0 radical (unpaired) electrons. The molecular weight excluding hydrogens is 255 g/mol. The van der Waals surface area contributed by atoms with Crippen molar-refractivity contribution in [3.8, 4) is 17.2 Å². The van der Waals surface area contributed by atoms with E-state index in [1.165, 1.54) is 6.07 Å². The highest BCUT2D eigenvalue weighted by molar-refractivity contribution is 5.44. The Kier molecular flexibility index (Phi) is 4.28. The van der Waals surface area contributed by atoms with Gasteiger partial charge in [0, 0.05) is 6.07 Å². The molecule has 0 amide bonds. The van der Waals surface area contributed by atoms with Crippen molar-refractivity contribution in [3.63, 3.8) is 0 Å². The van der Waals surface area contributed by atoms with Crippen LogP contribution in [-0.2, 0) is 0 Å². The summed E-state index contributed by atoms with van der Waals surface area (Å²) in [7, 11) is 1.65. The lowest BCUT2D eigenvalue weighted by Gasteiger charge is -2.14. The molecule has 20 heavy (non-hydrogen) atoms. The molecule has 2 rings (SSSR count). The topological polar surface area (TPSA) is 18.5 Å². The van der Waals surface area contributed by atoms with E-state index in [4.69, 9.17) is 9.47 Å². The molecule has 0 atom stereocenters. The molecule has 2 aromatic rings. The molecule has 3 heteroatoms. The van der Waals surface area contributed by atoms with Crippen LogP contribution in [0.4, 0.5) is 4.39 Å². The molecule has 106 valence electrons. The fourth-order valence-corrected chi connectivity index (χ4v) is 2.05. The van der Waals surface area contributed by atoms with Gasteiger partial charge < -0.3 is 9.47 Å². The zero-order valence-corrected chi connectivity index (χ0v) is 12.2. The van der Waals surface area contributed by atoms with Crippen molar-refractivity contribution in [1.82, 2.24) is 0 Å². The minimum atomic E-state index is -0.231. The number of rotatable bonds is 4. The van der Waals surface area contributed by atoms with Gasteiger partial charge in [0.15, 0.2) is 0 Å². The average Bonchev–Trinajstić information content (AvgIpc) is 2.42. The van der Waals surface area contributed by atoms with Gasteiger partial charge in [0.25, 0.3) is 0 Å². The highest BCUT2D eigenvalue weighted by Gasteiger charge is 2.09. The van der Waals surface area contributed by atoms with Crippen LogP contribution in [0, 0.1) is 12.7 Å². The number of halogens is 1. The third-order valence-corrected chi connectivity index (χ3v) is 3.19. The second-order valence-electron chi connectivity index (χ2n) is 5.07. The van der Waals surface area contributed by atoms with E-state index >= 15 is 0 Å². The van der Waals surface area contributed by atoms with Gasteiger partial charge in [-0.25, -0.2) is 4.39 Å². The van der Waals surface area contributed by atoms with Crippen molar-refractivity contribution in [1.29, 1.82) is 0 Å². The number of ether oxygens (including phenoxy) is 2. The van der Waals surface area contributed by atoms with Crippen molar-refractivity contribution >= 4 is 0 Å². The monoisotopic (exact) mass is 274 g/mol. The van der Waals surface area contributed by atoms with Crippen LogP contribution in [0.15, 0.2) is 36.4 Å². The molecule has 0 aliphatic rings. The maximum atomic E-state index is 13.2. The van der Waals surface area contributed by atoms with Crippen LogP contribution in [0.5, 0.6) is 17.2 Å². The van der Waals surface area contributed by atoms with Gasteiger partial charge in [-0.1, -0.05) is 19.9 Å². The third kappa shape index (κ3) is 3.10. The second kappa shape index (κ2) is 5.95. The first-order chi connectivity index (χ1) is 9.51. The Balaban J connectivity index is 2.27. The Labute approximate surface area is 119 Å². The van der Waals surface area contributed by atoms with Crippen LogP contribution in [0.2, 0.25) is 0 Å². The van der Waals surface area contributed by atoms with E-state index in [0.29, 0.717) is 23.0 Å².